The Kier molecular flexibility index (Phi) is 5.38. The van der Waals surface area contributed by atoms with Gasteiger partial charge < -0.3 is 9.64 Å². The molecule has 0 spiro atoms. The van der Waals surface area contributed by atoms with E-state index < -0.39 is 10.0 Å². The zero-order chi connectivity index (χ0) is 19.8. The van der Waals surface area contributed by atoms with Gasteiger partial charge in [0.05, 0.1) is 17.9 Å². The molecule has 3 rings (SSSR count). The van der Waals surface area contributed by atoms with Crippen molar-refractivity contribution >= 4 is 15.8 Å². The van der Waals surface area contributed by atoms with E-state index in [9.17, 15) is 8.42 Å². The molecule has 0 aromatic carbocycles. The molecule has 0 amide bonds. The number of hydrogen-bond donors (Lipinski definition) is 0. The van der Waals surface area contributed by atoms with Crippen LogP contribution in [-0.4, -0.2) is 65.8 Å². The van der Waals surface area contributed by atoms with Crippen LogP contribution in [-0.2, 0) is 17.1 Å². The third-order valence-corrected chi connectivity index (χ3v) is 6.85. The molecule has 0 N–H and O–H groups in total. The zero-order valence-electron chi connectivity index (χ0n) is 16.4. The number of piperidine rings is 1. The van der Waals surface area contributed by atoms with Gasteiger partial charge in [-0.15, -0.1) is 0 Å². The van der Waals surface area contributed by atoms with E-state index in [1.165, 1.54) is 4.31 Å². The quantitative estimate of drug-likeness (QED) is 0.750. The fourth-order valence-electron chi connectivity index (χ4n) is 3.34. The maximum Gasteiger partial charge on any atom is 0.257 e. The first-order valence-electron chi connectivity index (χ1n) is 8.87. The van der Waals surface area contributed by atoms with E-state index in [4.69, 9.17) is 4.74 Å². The lowest BCUT2D eigenvalue weighted by atomic mass is 10.1. The van der Waals surface area contributed by atoms with Crippen molar-refractivity contribution in [3.8, 4) is 5.88 Å². The van der Waals surface area contributed by atoms with Crippen molar-refractivity contribution in [1.82, 2.24) is 24.1 Å². The fourth-order valence-corrected chi connectivity index (χ4v) is 5.25. The molecule has 3 heterocycles. The molecule has 1 aliphatic heterocycles. The van der Waals surface area contributed by atoms with Crippen LogP contribution in [0.5, 0.6) is 5.88 Å². The van der Waals surface area contributed by atoms with E-state index in [1.54, 1.807) is 38.0 Å². The number of anilines is 1. The number of hydrogen-bond acceptors (Lipinski definition) is 7. The van der Waals surface area contributed by atoms with Crippen molar-refractivity contribution in [2.24, 2.45) is 7.05 Å². The van der Waals surface area contributed by atoms with Crippen LogP contribution in [0.4, 0.5) is 5.82 Å². The minimum atomic E-state index is -3.63. The predicted molar refractivity (Wildman–Crippen MR) is 101 cm³/mol. The fraction of sp³-hybridized carbons (Fsp3) is 0.588. The summed E-state index contributed by atoms with van der Waals surface area (Å²) in [6.07, 6.45) is 4.39. The summed E-state index contributed by atoms with van der Waals surface area (Å²) in [5, 5.41) is 4.25. The summed E-state index contributed by atoms with van der Waals surface area (Å²) in [4.78, 5) is 10.7. The molecule has 1 saturated heterocycles. The topological polar surface area (TPSA) is 93.5 Å². The number of rotatable bonds is 5. The average Bonchev–Trinajstić information content (AvgIpc) is 2.88. The predicted octanol–water partition coefficient (Wildman–Crippen LogP) is 1.13. The lowest BCUT2D eigenvalue weighted by Crippen LogP contribution is -2.44. The smallest absolute Gasteiger partial charge is 0.257 e. The van der Waals surface area contributed by atoms with Gasteiger partial charge in [0.2, 0.25) is 10.0 Å². The average molecular weight is 395 g/mol. The molecule has 1 atom stereocenters. The van der Waals surface area contributed by atoms with Gasteiger partial charge in [-0.25, -0.2) is 18.4 Å². The molecule has 1 fully saturated rings. The van der Waals surface area contributed by atoms with E-state index in [-0.39, 0.29) is 12.6 Å². The highest BCUT2D eigenvalue weighted by Gasteiger charge is 2.35. The van der Waals surface area contributed by atoms with Crippen molar-refractivity contribution in [3.63, 3.8) is 0 Å². The Bertz CT molecular complexity index is 925. The third-order valence-electron chi connectivity index (χ3n) is 4.73. The highest BCUT2D eigenvalue weighted by atomic mass is 32.2. The monoisotopic (exact) mass is 394 g/mol. The summed E-state index contributed by atoms with van der Waals surface area (Å²) in [5.41, 5.74) is 1.15. The van der Waals surface area contributed by atoms with Gasteiger partial charge in [-0.05, 0) is 26.7 Å². The molecule has 27 heavy (non-hydrogen) atoms. The van der Waals surface area contributed by atoms with Crippen molar-refractivity contribution < 1.29 is 13.2 Å². The van der Waals surface area contributed by atoms with E-state index in [0.29, 0.717) is 34.5 Å². The summed E-state index contributed by atoms with van der Waals surface area (Å²) in [6, 6.07) is 0. The summed E-state index contributed by atoms with van der Waals surface area (Å²) in [5.74, 6) is 1.04. The standard InChI is InChI=1S/C17H26N6O3S/c1-12-15(13(2)22(5)20-12)27(24,25)23-10-6-7-14(11-23)26-17-16(21(3)4)18-8-9-19-17/h8-9,14H,6-7,10-11H2,1-5H3/t14-/m0/s1. The van der Waals surface area contributed by atoms with Crippen LogP contribution >= 0.6 is 0 Å². The number of sulfonamides is 1. The Hall–Kier alpha value is -2.20. The van der Waals surface area contributed by atoms with Gasteiger partial charge in [-0.1, -0.05) is 0 Å². The molecule has 9 nitrogen and oxygen atoms in total. The third kappa shape index (κ3) is 3.77. The van der Waals surface area contributed by atoms with Crippen LogP contribution in [0.1, 0.15) is 24.2 Å². The summed E-state index contributed by atoms with van der Waals surface area (Å²) in [6.45, 7) is 4.24. The molecule has 2 aromatic heterocycles. The number of aromatic nitrogens is 4. The van der Waals surface area contributed by atoms with Crippen molar-refractivity contribution in [2.45, 2.75) is 37.7 Å². The van der Waals surface area contributed by atoms with E-state index in [1.807, 2.05) is 19.0 Å². The van der Waals surface area contributed by atoms with E-state index >= 15 is 0 Å². The summed E-state index contributed by atoms with van der Waals surface area (Å²) >= 11 is 0. The zero-order valence-corrected chi connectivity index (χ0v) is 17.2. The van der Waals surface area contributed by atoms with Crippen LogP contribution in [0.2, 0.25) is 0 Å². The Morgan fingerprint density at radius 1 is 1.22 bits per heavy atom. The molecule has 0 radical (unpaired) electrons. The molecule has 148 valence electrons. The maximum absolute atomic E-state index is 13.2. The summed E-state index contributed by atoms with van der Waals surface area (Å²) in [7, 11) is 1.85. The van der Waals surface area contributed by atoms with E-state index in [0.717, 1.165) is 12.8 Å². The number of ether oxygens (including phenoxy) is 1. The second-order valence-corrected chi connectivity index (χ2v) is 8.82. The molecular weight excluding hydrogens is 368 g/mol. The SMILES string of the molecule is Cc1nn(C)c(C)c1S(=O)(=O)N1CCC[C@H](Oc2nccnc2N(C)C)C1. The van der Waals surface area contributed by atoms with Crippen LogP contribution in [0.3, 0.4) is 0 Å². The molecule has 0 aliphatic carbocycles. The highest BCUT2D eigenvalue weighted by Crippen LogP contribution is 2.28. The normalized spacial score (nSPS) is 18.5. The van der Waals surface area contributed by atoms with E-state index in [2.05, 4.69) is 15.1 Å². The first-order valence-corrected chi connectivity index (χ1v) is 10.3. The van der Waals surface area contributed by atoms with Crippen LogP contribution in [0.15, 0.2) is 17.3 Å². The molecule has 1 aliphatic rings. The summed E-state index contributed by atoms with van der Waals surface area (Å²) < 4.78 is 35.5. The first-order chi connectivity index (χ1) is 12.7. The molecule has 0 saturated carbocycles. The first kappa shape index (κ1) is 19.6. The minimum absolute atomic E-state index is 0.277. The maximum atomic E-state index is 13.2. The van der Waals surface area contributed by atoms with Crippen molar-refractivity contribution in [3.05, 3.63) is 23.8 Å². The van der Waals surface area contributed by atoms with Gasteiger partial charge in [-0.3, -0.25) is 4.68 Å². The Morgan fingerprint density at radius 2 is 1.93 bits per heavy atom. The Balaban J connectivity index is 1.82. The Morgan fingerprint density at radius 3 is 2.56 bits per heavy atom. The molecule has 2 aromatic rings. The van der Waals surface area contributed by atoms with Gasteiger partial charge in [0.25, 0.3) is 5.88 Å². The van der Waals surface area contributed by atoms with Gasteiger partial charge in [0.1, 0.15) is 11.0 Å². The highest BCUT2D eigenvalue weighted by molar-refractivity contribution is 7.89. The van der Waals surface area contributed by atoms with Crippen molar-refractivity contribution in [2.75, 3.05) is 32.1 Å². The molecular formula is C17H26N6O3S. The van der Waals surface area contributed by atoms with Gasteiger partial charge in [-0.2, -0.15) is 9.40 Å². The number of nitrogens with zero attached hydrogens (tertiary/aromatic N) is 6. The lowest BCUT2D eigenvalue weighted by molar-refractivity contribution is 0.125. The number of aryl methyl sites for hydroxylation is 2. The minimum Gasteiger partial charge on any atom is -0.470 e. The van der Waals surface area contributed by atoms with Crippen LogP contribution in [0.25, 0.3) is 0 Å². The van der Waals surface area contributed by atoms with Gasteiger partial charge >= 0.3 is 0 Å². The Labute approximate surface area is 160 Å². The van der Waals surface area contributed by atoms with Crippen LogP contribution < -0.4 is 9.64 Å². The van der Waals surface area contributed by atoms with Gasteiger partial charge in [0.15, 0.2) is 5.82 Å². The van der Waals surface area contributed by atoms with Gasteiger partial charge in [0, 0.05) is 40.1 Å². The second kappa shape index (κ2) is 7.43. The molecule has 10 heteroatoms. The molecule has 0 unspecified atom stereocenters. The second-order valence-electron chi connectivity index (χ2n) is 6.95. The largest absolute Gasteiger partial charge is 0.470 e. The van der Waals surface area contributed by atoms with Crippen LogP contribution in [0, 0.1) is 13.8 Å². The lowest BCUT2D eigenvalue weighted by Gasteiger charge is -2.32. The molecule has 0 bridgehead atoms. The van der Waals surface area contributed by atoms with Crippen molar-refractivity contribution in [1.29, 1.82) is 0 Å².